The van der Waals surface area contributed by atoms with Gasteiger partial charge in [-0.1, -0.05) is 256 Å². The number of hydrogen-bond acceptors (Lipinski definition) is 5. The zero-order valence-corrected chi connectivity index (χ0v) is 46.0. The number of carbonyl (C=O) groups excluding carboxylic acids is 1. The minimum Gasteiger partial charge on any atom is -0.391 e. The number of hydrogen-bond donors (Lipinski definition) is 3. The lowest BCUT2D eigenvalue weighted by Gasteiger charge is -2.26. The number of phosphoric acid groups is 1. The van der Waals surface area contributed by atoms with Crippen LogP contribution in [0.2, 0.25) is 0 Å². The number of nitrogens with zero attached hydrogens (tertiary/aromatic N) is 1. The van der Waals surface area contributed by atoms with Crippen LogP contribution in [0.1, 0.15) is 277 Å². The summed E-state index contributed by atoms with van der Waals surface area (Å²) in [6.07, 6.45) is 63.7. The van der Waals surface area contributed by atoms with Crippen LogP contribution in [0.5, 0.6) is 0 Å². The van der Waals surface area contributed by atoms with Crippen molar-refractivity contribution in [3.63, 3.8) is 0 Å². The number of carbonyl (C=O) groups is 1. The first-order chi connectivity index (χ1) is 32.5. The van der Waals surface area contributed by atoms with Gasteiger partial charge in [-0.15, -0.1) is 0 Å². The second-order valence-electron chi connectivity index (χ2n) is 21.0. The predicted octanol–water partition coefficient (Wildman–Crippen LogP) is 17.4. The summed E-state index contributed by atoms with van der Waals surface area (Å²) in [5, 5.41) is 14.0. The summed E-state index contributed by atoms with van der Waals surface area (Å²) in [4.78, 5) is 23.2. The van der Waals surface area contributed by atoms with Crippen LogP contribution in [0.25, 0.3) is 0 Å². The highest BCUT2D eigenvalue weighted by atomic mass is 31.2. The van der Waals surface area contributed by atoms with Crippen LogP contribution in [-0.4, -0.2) is 73.4 Å². The van der Waals surface area contributed by atoms with Gasteiger partial charge in [-0.3, -0.25) is 13.8 Å². The molecular weight excluding hydrogens is 852 g/mol. The number of likely N-dealkylation sites (N-methyl/N-ethyl adjacent to an activating group) is 1. The third-order valence-electron chi connectivity index (χ3n) is 13.1. The Bertz CT molecular complexity index is 1190. The number of aliphatic hydroxyl groups excluding tert-OH is 1. The lowest BCUT2D eigenvalue weighted by atomic mass is 10.0. The van der Waals surface area contributed by atoms with Crippen molar-refractivity contribution < 1.29 is 32.9 Å². The summed E-state index contributed by atoms with van der Waals surface area (Å²) in [5.74, 6) is -0.143. The van der Waals surface area contributed by atoms with Crippen molar-refractivity contribution in [3.05, 3.63) is 36.5 Å². The molecule has 0 aromatic carbocycles. The normalized spacial score (nSPS) is 14.2. The quantitative estimate of drug-likeness (QED) is 0.0243. The van der Waals surface area contributed by atoms with E-state index in [2.05, 4.69) is 55.6 Å². The van der Waals surface area contributed by atoms with Crippen LogP contribution in [-0.2, 0) is 18.4 Å². The van der Waals surface area contributed by atoms with Gasteiger partial charge < -0.3 is 19.8 Å². The predicted molar refractivity (Wildman–Crippen MR) is 291 cm³/mol. The van der Waals surface area contributed by atoms with Crippen molar-refractivity contribution in [1.82, 2.24) is 5.32 Å². The van der Waals surface area contributed by atoms with Gasteiger partial charge in [0.2, 0.25) is 5.91 Å². The van der Waals surface area contributed by atoms with Gasteiger partial charge in [0.15, 0.2) is 0 Å². The molecule has 0 aliphatic rings. The molecule has 3 N–H and O–H groups in total. The summed E-state index contributed by atoms with van der Waals surface area (Å²) in [6.45, 7) is 4.88. The number of quaternary nitrogens is 1. The molecule has 0 aromatic heterocycles. The molecule has 8 nitrogen and oxygen atoms in total. The van der Waals surface area contributed by atoms with Gasteiger partial charge in [-0.25, -0.2) is 4.57 Å². The molecule has 0 rings (SSSR count). The van der Waals surface area contributed by atoms with Crippen molar-refractivity contribution in [2.45, 2.75) is 289 Å². The molecule has 3 atom stereocenters. The van der Waals surface area contributed by atoms with E-state index in [1.54, 1.807) is 0 Å². The average Bonchev–Trinajstić information content (AvgIpc) is 3.29. The molecule has 1 amide bonds. The van der Waals surface area contributed by atoms with E-state index < -0.39 is 20.0 Å². The van der Waals surface area contributed by atoms with E-state index in [9.17, 15) is 19.4 Å². The second-order valence-corrected chi connectivity index (χ2v) is 22.5. The van der Waals surface area contributed by atoms with Crippen molar-refractivity contribution >= 4 is 13.7 Å². The standard InChI is InChI=1S/C58H113N2O6P/c1-6-8-10-12-14-16-18-19-20-21-22-23-24-25-26-27-28-29-30-31-32-33-34-35-36-37-38-39-40-41-42-44-46-48-50-52-58(62)59-56(55-66-67(63,64)65-54-53-60(3,4)5)57(61)51-49-47-45-43-17-15-13-11-9-7-2/h18-19,21-22,24-25,56-57,61H,6-17,20,23,26-55H2,1-5H3,(H-,59,62,63,64)/p+1/b19-18-,22-21-,25-24-. The van der Waals surface area contributed by atoms with Crippen LogP contribution in [0.4, 0.5) is 0 Å². The first-order valence-corrected chi connectivity index (χ1v) is 30.3. The number of aliphatic hydroxyl groups is 1. The molecule has 0 bridgehead atoms. The molecule has 0 saturated carbocycles. The highest BCUT2D eigenvalue weighted by molar-refractivity contribution is 7.47. The Morgan fingerprint density at radius 2 is 0.851 bits per heavy atom. The third kappa shape index (κ3) is 52.4. The zero-order chi connectivity index (χ0) is 49.2. The molecule has 0 saturated heterocycles. The van der Waals surface area contributed by atoms with Gasteiger partial charge in [-0.2, -0.15) is 0 Å². The molecule has 0 radical (unpaired) electrons. The fourth-order valence-corrected chi connectivity index (χ4v) is 9.32. The van der Waals surface area contributed by atoms with Crippen LogP contribution >= 0.6 is 7.82 Å². The molecule has 3 unspecified atom stereocenters. The summed E-state index contributed by atoms with van der Waals surface area (Å²) >= 11 is 0. The maximum Gasteiger partial charge on any atom is 0.472 e. The van der Waals surface area contributed by atoms with Crippen molar-refractivity contribution in [1.29, 1.82) is 0 Å². The van der Waals surface area contributed by atoms with Gasteiger partial charge >= 0.3 is 7.82 Å². The molecule has 0 spiro atoms. The summed E-state index contributed by atoms with van der Waals surface area (Å²) in [6, 6.07) is -0.757. The SMILES string of the molecule is CCCCCCC/C=C\C/C=C\C/C=C\CCCCCCCCCCCCCCCCCCCCCCC(=O)NC(COP(=O)(O)OCC[N+](C)(C)C)C(O)CCCCCCCCCCCC. The maximum absolute atomic E-state index is 12.9. The van der Waals surface area contributed by atoms with E-state index in [1.807, 2.05) is 21.1 Å². The Kier molecular flexibility index (Phi) is 48.7. The van der Waals surface area contributed by atoms with E-state index in [4.69, 9.17) is 9.05 Å². The minimum absolute atomic E-state index is 0.0760. The van der Waals surface area contributed by atoms with E-state index in [0.29, 0.717) is 23.9 Å². The Morgan fingerprint density at radius 3 is 1.24 bits per heavy atom. The van der Waals surface area contributed by atoms with Gasteiger partial charge in [0, 0.05) is 6.42 Å². The Labute approximate surface area is 417 Å². The highest BCUT2D eigenvalue weighted by Gasteiger charge is 2.28. The van der Waals surface area contributed by atoms with E-state index in [0.717, 1.165) is 51.4 Å². The van der Waals surface area contributed by atoms with Gasteiger partial charge in [0.25, 0.3) is 0 Å². The summed E-state index contributed by atoms with van der Waals surface area (Å²) in [5.41, 5.74) is 0. The minimum atomic E-state index is -4.31. The number of nitrogens with one attached hydrogen (secondary N) is 1. The second kappa shape index (κ2) is 49.7. The molecule has 67 heavy (non-hydrogen) atoms. The smallest absolute Gasteiger partial charge is 0.391 e. The van der Waals surface area contributed by atoms with Gasteiger partial charge in [0.1, 0.15) is 13.2 Å². The maximum atomic E-state index is 12.9. The summed E-state index contributed by atoms with van der Waals surface area (Å²) in [7, 11) is 1.62. The molecule has 396 valence electrons. The molecule has 0 heterocycles. The van der Waals surface area contributed by atoms with E-state index in [-0.39, 0.29) is 19.1 Å². The van der Waals surface area contributed by atoms with Crippen LogP contribution < -0.4 is 5.32 Å². The van der Waals surface area contributed by atoms with E-state index >= 15 is 0 Å². The molecule has 0 fully saturated rings. The van der Waals surface area contributed by atoms with Gasteiger partial charge in [0.05, 0.1) is 39.9 Å². The molecular formula is C58H114N2O6P+. The highest BCUT2D eigenvalue weighted by Crippen LogP contribution is 2.43. The number of allylic oxidation sites excluding steroid dienone is 6. The first-order valence-electron chi connectivity index (χ1n) is 28.9. The van der Waals surface area contributed by atoms with Crippen LogP contribution in [0.15, 0.2) is 36.5 Å². The molecule has 0 aromatic rings. The first kappa shape index (κ1) is 65.7. The van der Waals surface area contributed by atoms with Crippen molar-refractivity contribution in [3.8, 4) is 0 Å². The lowest BCUT2D eigenvalue weighted by molar-refractivity contribution is -0.870. The van der Waals surface area contributed by atoms with Gasteiger partial charge in [-0.05, 0) is 51.4 Å². The molecule has 9 heteroatoms. The average molecular weight is 967 g/mol. The fourth-order valence-electron chi connectivity index (χ4n) is 8.58. The third-order valence-corrected chi connectivity index (χ3v) is 14.1. The Balaban J connectivity index is 3.89. The summed E-state index contributed by atoms with van der Waals surface area (Å²) < 4.78 is 23.7. The largest absolute Gasteiger partial charge is 0.472 e. The Morgan fingerprint density at radius 1 is 0.507 bits per heavy atom. The molecule has 0 aliphatic heterocycles. The monoisotopic (exact) mass is 966 g/mol. The number of unbranched alkanes of at least 4 members (excludes halogenated alkanes) is 34. The zero-order valence-electron chi connectivity index (χ0n) is 45.2. The number of rotatable bonds is 53. The van der Waals surface area contributed by atoms with Crippen molar-refractivity contribution in [2.75, 3.05) is 40.9 Å². The number of phosphoric ester groups is 1. The van der Waals surface area contributed by atoms with Crippen LogP contribution in [0, 0.1) is 0 Å². The number of amides is 1. The van der Waals surface area contributed by atoms with Crippen molar-refractivity contribution in [2.24, 2.45) is 0 Å². The lowest BCUT2D eigenvalue weighted by Crippen LogP contribution is -2.46. The fraction of sp³-hybridized carbons (Fsp3) is 0.879. The molecule has 0 aliphatic carbocycles. The van der Waals surface area contributed by atoms with Crippen LogP contribution in [0.3, 0.4) is 0 Å². The Hall–Kier alpha value is -1.28. The van der Waals surface area contributed by atoms with E-state index in [1.165, 1.54) is 199 Å². The topological polar surface area (TPSA) is 105 Å².